The summed E-state index contributed by atoms with van der Waals surface area (Å²) in [6.07, 6.45) is 2.47. The van der Waals surface area contributed by atoms with Gasteiger partial charge in [0.2, 0.25) is 10.0 Å². The molecule has 1 unspecified atom stereocenters. The minimum absolute atomic E-state index is 0.282. The van der Waals surface area contributed by atoms with Gasteiger partial charge in [-0.1, -0.05) is 6.92 Å². The van der Waals surface area contributed by atoms with Gasteiger partial charge in [-0.15, -0.1) is 0 Å². The van der Waals surface area contributed by atoms with Crippen LogP contribution in [0.4, 0.5) is 0 Å². The summed E-state index contributed by atoms with van der Waals surface area (Å²) < 4.78 is 23.9. The van der Waals surface area contributed by atoms with E-state index in [2.05, 4.69) is 5.32 Å². The summed E-state index contributed by atoms with van der Waals surface area (Å²) in [6, 6.07) is 0. The maximum atomic E-state index is 11.2. The lowest BCUT2D eigenvalue weighted by Gasteiger charge is -2.17. The Bertz CT molecular complexity index is 265. The molecule has 0 rings (SSSR count). The van der Waals surface area contributed by atoms with Crippen molar-refractivity contribution in [2.75, 3.05) is 32.4 Å². The molecule has 16 heavy (non-hydrogen) atoms. The van der Waals surface area contributed by atoms with Gasteiger partial charge in [0.1, 0.15) is 0 Å². The first-order valence-electron chi connectivity index (χ1n) is 5.71. The molecule has 5 nitrogen and oxygen atoms in total. The van der Waals surface area contributed by atoms with Gasteiger partial charge in [-0.05, 0) is 32.9 Å². The number of nitrogens with zero attached hydrogens (tertiary/aromatic N) is 1. The van der Waals surface area contributed by atoms with Gasteiger partial charge in [0.05, 0.1) is 12.4 Å². The topological polar surface area (TPSA) is 69.6 Å². The van der Waals surface area contributed by atoms with E-state index in [1.54, 1.807) is 6.92 Å². The van der Waals surface area contributed by atoms with Gasteiger partial charge in [-0.25, -0.2) is 12.7 Å². The number of sulfonamides is 1. The van der Waals surface area contributed by atoms with Crippen molar-refractivity contribution in [3.8, 4) is 0 Å². The zero-order valence-electron chi connectivity index (χ0n) is 10.4. The first-order chi connectivity index (χ1) is 7.38. The maximum Gasteiger partial charge on any atom is 0.211 e. The van der Waals surface area contributed by atoms with Crippen molar-refractivity contribution >= 4 is 10.0 Å². The first-order valence-corrected chi connectivity index (χ1v) is 7.56. The van der Waals surface area contributed by atoms with Crippen LogP contribution in [0.25, 0.3) is 0 Å². The lowest BCUT2D eigenvalue weighted by molar-refractivity contribution is 0.184. The third kappa shape index (κ3) is 8.04. The minimum Gasteiger partial charge on any atom is -0.393 e. The smallest absolute Gasteiger partial charge is 0.211 e. The summed E-state index contributed by atoms with van der Waals surface area (Å²) >= 11 is 0. The molecule has 0 aromatic carbocycles. The normalized spacial score (nSPS) is 14.3. The summed E-state index contributed by atoms with van der Waals surface area (Å²) in [5, 5.41) is 12.2. The highest BCUT2D eigenvalue weighted by Crippen LogP contribution is 1.98. The fourth-order valence-corrected chi connectivity index (χ4v) is 2.30. The molecule has 0 saturated heterocycles. The van der Waals surface area contributed by atoms with Crippen molar-refractivity contribution in [1.82, 2.24) is 9.62 Å². The lowest BCUT2D eigenvalue weighted by atomic mass is 10.3. The molecule has 0 bridgehead atoms. The molecule has 0 aromatic heterocycles. The van der Waals surface area contributed by atoms with Crippen molar-refractivity contribution in [3.63, 3.8) is 0 Å². The van der Waals surface area contributed by atoms with Crippen LogP contribution >= 0.6 is 0 Å². The molecule has 1 atom stereocenters. The molecule has 0 saturated carbocycles. The Morgan fingerprint density at radius 1 is 1.38 bits per heavy atom. The Morgan fingerprint density at radius 3 is 2.44 bits per heavy atom. The van der Waals surface area contributed by atoms with Crippen molar-refractivity contribution < 1.29 is 13.5 Å². The standard InChI is InChI=1S/C10H24N2O3S/c1-4-12(16(3,14)15)9-5-7-11-8-6-10(2)13/h10-11,13H,4-9H2,1-3H3. The number of rotatable bonds is 9. The first kappa shape index (κ1) is 15.8. The van der Waals surface area contributed by atoms with E-state index >= 15 is 0 Å². The molecular weight excluding hydrogens is 228 g/mol. The molecule has 0 heterocycles. The van der Waals surface area contributed by atoms with Crippen molar-refractivity contribution in [3.05, 3.63) is 0 Å². The summed E-state index contributed by atoms with van der Waals surface area (Å²) in [7, 11) is -3.06. The van der Waals surface area contributed by atoms with E-state index in [9.17, 15) is 8.42 Å². The van der Waals surface area contributed by atoms with E-state index in [0.29, 0.717) is 13.1 Å². The molecule has 98 valence electrons. The molecule has 0 aliphatic heterocycles. The van der Waals surface area contributed by atoms with E-state index in [0.717, 1.165) is 25.9 Å². The molecule has 0 radical (unpaired) electrons. The maximum absolute atomic E-state index is 11.2. The second-order valence-corrected chi connectivity index (χ2v) is 5.98. The molecule has 0 aromatic rings. The fourth-order valence-electron chi connectivity index (χ4n) is 1.37. The largest absolute Gasteiger partial charge is 0.393 e. The molecule has 6 heteroatoms. The third-order valence-corrected chi connectivity index (χ3v) is 3.70. The van der Waals surface area contributed by atoms with Gasteiger partial charge < -0.3 is 10.4 Å². The van der Waals surface area contributed by atoms with Crippen molar-refractivity contribution in [1.29, 1.82) is 0 Å². The Morgan fingerprint density at radius 2 is 2.00 bits per heavy atom. The number of hydrogen-bond acceptors (Lipinski definition) is 4. The van der Waals surface area contributed by atoms with Crippen LogP contribution in [0.3, 0.4) is 0 Å². The van der Waals surface area contributed by atoms with Gasteiger partial charge in [-0.2, -0.15) is 0 Å². The second-order valence-electron chi connectivity index (χ2n) is 4.00. The average Bonchev–Trinajstić information content (AvgIpc) is 2.14. The Balaban J connectivity index is 3.57. The predicted molar refractivity (Wildman–Crippen MR) is 65.9 cm³/mol. The van der Waals surface area contributed by atoms with Crippen molar-refractivity contribution in [2.24, 2.45) is 0 Å². The number of nitrogens with one attached hydrogen (secondary N) is 1. The average molecular weight is 252 g/mol. The Labute approximate surface area is 98.9 Å². The predicted octanol–water partition coefficient (Wildman–Crippen LogP) is 0.0185. The van der Waals surface area contributed by atoms with E-state index in [4.69, 9.17) is 5.11 Å². The van der Waals surface area contributed by atoms with Crippen LogP contribution < -0.4 is 5.32 Å². The number of aliphatic hydroxyl groups excluding tert-OH is 1. The lowest BCUT2D eigenvalue weighted by Crippen LogP contribution is -2.32. The zero-order valence-corrected chi connectivity index (χ0v) is 11.3. The van der Waals surface area contributed by atoms with Gasteiger partial charge in [0.25, 0.3) is 0 Å². The highest BCUT2D eigenvalue weighted by Gasteiger charge is 2.12. The van der Waals surface area contributed by atoms with E-state index in [1.165, 1.54) is 10.6 Å². The minimum atomic E-state index is -3.06. The molecule has 2 N–H and O–H groups in total. The van der Waals surface area contributed by atoms with E-state index in [1.807, 2.05) is 6.92 Å². The van der Waals surface area contributed by atoms with Gasteiger partial charge >= 0.3 is 0 Å². The highest BCUT2D eigenvalue weighted by atomic mass is 32.2. The Hall–Kier alpha value is -0.170. The van der Waals surface area contributed by atoms with E-state index in [-0.39, 0.29) is 6.10 Å². The monoisotopic (exact) mass is 252 g/mol. The van der Waals surface area contributed by atoms with E-state index < -0.39 is 10.0 Å². The summed E-state index contributed by atoms with van der Waals surface area (Å²) in [4.78, 5) is 0. The fraction of sp³-hybridized carbons (Fsp3) is 1.00. The van der Waals surface area contributed by atoms with Gasteiger partial charge in [0.15, 0.2) is 0 Å². The van der Waals surface area contributed by atoms with Crippen LogP contribution in [0.2, 0.25) is 0 Å². The van der Waals surface area contributed by atoms with Gasteiger partial charge in [0, 0.05) is 13.1 Å². The van der Waals surface area contributed by atoms with Gasteiger partial charge in [-0.3, -0.25) is 0 Å². The van der Waals surface area contributed by atoms with Crippen LogP contribution in [-0.4, -0.2) is 56.4 Å². The third-order valence-electron chi connectivity index (χ3n) is 2.32. The highest BCUT2D eigenvalue weighted by molar-refractivity contribution is 7.88. The van der Waals surface area contributed by atoms with Crippen LogP contribution in [0, 0.1) is 0 Å². The quantitative estimate of drug-likeness (QED) is 0.568. The van der Waals surface area contributed by atoms with Crippen LogP contribution in [0.15, 0.2) is 0 Å². The molecule has 0 amide bonds. The molecule has 0 aliphatic carbocycles. The molecular formula is C10H24N2O3S. The number of aliphatic hydroxyl groups is 1. The van der Waals surface area contributed by atoms with Crippen molar-refractivity contribution in [2.45, 2.75) is 32.8 Å². The SMILES string of the molecule is CCN(CCCNCCC(C)O)S(C)(=O)=O. The summed E-state index contributed by atoms with van der Waals surface area (Å²) in [5.74, 6) is 0. The second kappa shape index (κ2) is 8.00. The number of hydrogen-bond donors (Lipinski definition) is 2. The Kier molecular flexibility index (Phi) is 7.91. The summed E-state index contributed by atoms with van der Waals surface area (Å²) in [6.45, 7) is 6.21. The molecule has 0 spiro atoms. The zero-order chi connectivity index (χ0) is 12.6. The summed E-state index contributed by atoms with van der Waals surface area (Å²) in [5.41, 5.74) is 0. The van der Waals surface area contributed by atoms with Crippen LogP contribution in [0.1, 0.15) is 26.7 Å². The van der Waals surface area contributed by atoms with Crippen LogP contribution in [0.5, 0.6) is 0 Å². The van der Waals surface area contributed by atoms with Crippen LogP contribution in [-0.2, 0) is 10.0 Å². The molecule has 0 fully saturated rings. The molecule has 0 aliphatic rings.